The van der Waals surface area contributed by atoms with Crippen LogP contribution in [0.5, 0.6) is 11.5 Å². The zero-order valence-electron chi connectivity index (χ0n) is 33.5. The second-order valence-corrected chi connectivity index (χ2v) is 15.2. The summed E-state index contributed by atoms with van der Waals surface area (Å²) in [5, 5.41) is 14.0. The van der Waals surface area contributed by atoms with Crippen LogP contribution < -0.4 is 15.2 Å². The third kappa shape index (κ3) is 14.7. The molecule has 4 aromatic rings. The Kier molecular flexibility index (Phi) is 20.7. The molecule has 3 N–H and O–H groups in total. The zero-order valence-corrected chi connectivity index (χ0v) is 36.6. The van der Waals surface area contributed by atoms with Gasteiger partial charge in [0.15, 0.2) is 35.6 Å². The molecule has 0 atom stereocenters. The van der Waals surface area contributed by atoms with Crippen molar-refractivity contribution < 1.29 is 52.7 Å². The van der Waals surface area contributed by atoms with Crippen molar-refractivity contribution in [1.29, 1.82) is 0 Å². The molecular weight excluding hydrogens is 821 g/mol. The fourth-order valence-corrected chi connectivity index (χ4v) is 6.72. The van der Waals surface area contributed by atoms with Crippen LogP contribution >= 0.6 is 45.9 Å². The van der Waals surface area contributed by atoms with E-state index in [0.29, 0.717) is 39.8 Å². The maximum atomic E-state index is 12.7. The van der Waals surface area contributed by atoms with Crippen LogP contribution in [0.2, 0.25) is 10.0 Å². The highest BCUT2D eigenvalue weighted by atomic mass is 35.5. The van der Waals surface area contributed by atoms with Crippen molar-refractivity contribution in [3.63, 3.8) is 0 Å². The van der Waals surface area contributed by atoms with E-state index in [1.807, 2.05) is 27.7 Å². The Morgan fingerprint density at radius 2 is 1.12 bits per heavy atom. The summed E-state index contributed by atoms with van der Waals surface area (Å²) >= 11 is 15.4. The van der Waals surface area contributed by atoms with Crippen LogP contribution in [0.15, 0.2) is 35.0 Å². The summed E-state index contributed by atoms with van der Waals surface area (Å²) in [6.07, 6.45) is -1.09. The summed E-state index contributed by atoms with van der Waals surface area (Å²) in [6.45, 7) is 11.2. The number of hydrogen-bond acceptors (Lipinski definition) is 15. The molecule has 2 heterocycles. The lowest BCUT2D eigenvalue weighted by Crippen LogP contribution is -2.22. The van der Waals surface area contributed by atoms with E-state index in [-0.39, 0.29) is 64.3 Å². The summed E-state index contributed by atoms with van der Waals surface area (Å²) in [5.74, 6) is -0.170. The second-order valence-electron chi connectivity index (χ2n) is 12.6. The molecule has 312 valence electrons. The molecular formula is C39H49Cl2N3O11S2. The molecule has 2 aromatic carbocycles. The highest BCUT2D eigenvalue weighted by Gasteiger charge is 2.22. The minimum absolute atomic E-state index is 0.0375. The number of aromatic nitrogens is 2. The summed E-state index contributed by atoms with van der Waals surface area (Å²) in [6, 6.07) is 6.39. The smallest absolute Gasteiger partial charge is 0.355 e. The van der Waals surface area contributed by atoms with E-state index in [0.717, 1.165) is 10.0 Å². The van der Waals surface area contributed by atoms with Crippen molar-refractivity contribution in [2.75, 3.05) is 47.4 Å². The lowest BCUT2D eigenvalue weighted by atomic mass is 9.98. The van der Waals surface area contributed by atoms with Gasteiger partial charge in [0.25, 0.3) is 0 Å². The highest BCUT2D eigenvalue weighted by Crippen LogP contribution is 2.34. The topological polar surface area (TPSA) is 196 Å². The first-order chi connectivity index (χ1) is 26.9. The Morgan fingerprint density at radius 3 is 1.51 bits per heavy atom. The molecule has 0 radical (unpaired) electrons. The molecule has 18 heteroatoms. The molecule has 0 aliphatic rings. The van der Waals surface area contributed by atoms with Crippen LogP contribution in [-0.4, -0.2) is 92.6 Å². The monoisotopic (exact) mass is 869 g/mol. The molecule has 0 aliphatic heterocycles. The summed E-state index contributed by atoms with van der Waals surface area (Å²) < 4.78 is 31.2. The van der Waals surface area contributed by atoms with Crippen LogP contribution in [0.3, 0.4) is 0 Å². The van der Waals surface area contributed by atoms with E-state index >= 15 is 0 Å². The number of aromatic carboxylic acids is 1. The normalized spacial score (nSPS) is 10.9. The lowest BCUT2D eigenvalue weighted by molar-refractivity contribution is -0.122. The van der Waals surface area contributed by atoms with Crippen molar-refractivity contribution in [2.24, 2.45) is 0 Å². The standard InChI is InChI=1S/C20H24ClNO5S.C12H16ClNO4.C7H9NO2S/c1-11(2)20-22-15(10-28-20)16(24)8-14-13(12(3)23)6-7-17(19(14)21)27-9-18(25-4)26-5;1-7(15)8-4-5-9(11(13)12(8)14)18-6-10(16-2)17-3;1-4(2)6-8-5(3-11-6)7(9)10/h6-7,10-11,18H,8-9H2,1-5H3;4-5,10H,6,14H2,1-3H3;3-4H,1-2H3,(H,9,10). The van der Waals surface area contributed by atoms with Crippen molar-refractivity contribution in [1.82, 2.24) is 9.97 Å². The number of rotatable bonds is 18. The van der Waals surface area contributed by atoms with Gasteiger partial charge in [-0.3, -0.25) is 14.4 Å². The predicted octanol–water partition coefficient (Wildman–Crippen LogP) is 8.63. The number of thiazole rings is 2. The molecule has 0 amide bonds. The van der Waals surface area contributed by atoms with Gasteiger partial charge in [-0.15, -0.1) is 22.7 Å². The second kappa shape index (κ2) is 24.0. The number of nitrogens with zero attached hydrogens (tertiary/aromatic N) is 2. The summed E-state index contributed by atoms with van der Waals surface area (Å²) in [4.78, 5) is 54.7. The van der Waals surface area contributed by atoms with E-state index in [2.05, 4.69) is 9.97 Å². The maximum Gasteiger partial charge on any atom is 0.355 e. The number of methoxy groups -OCH3 is 4. The van der Waals surface area contributed by atoms with Gasteiger partial charge >= 0.3 is 5.97 Å². The number of carboxylic acids is 1. The van der Waals surface area contributed by atoms with Crippen molar-refractivity contribution in [3.05, 3.63) is 83.2 Å². The minimum atomic E-state index is -0.951. The quantitative estimate of drug-likeness (QED) is 0.0548. The lowest BCUT2D eigenvalue weighted by Gasteiger charge is -2.17. The van der Waals surface area contributed by atoms with E-state index in [1.54, 1.807) is 35.0 Å². The molecule has 0 saturated heterocycles. The number of nitrogens with two attached hydrogens (primary N) is 1. The van der Waals surface area contributed by atoms with E-state index in [9.17, 15) is 19.2 Å². The van der Waals surface area contributed by atoms with Crippen molar-refractivity contribution in [3.8, 4) is 11.5 Å². The van der Waals surface area contributed by atoms with Crippen LogP contribution in [0.1, 0.15) is 111 Å². The van der Waals surface area contributed by atoms with Crippen molar-refractivity contribution >= 4 is 74.9 Å². The number of ketones is 3. The molecule has 57 heavy (non-hydrogen) atoms. The van der Waals surface area contributed by atoms with Gasteiger partial charge in [0.1, 0.15) is 35.4 Å². The average Bonchev–Trinajstić information content (AvgIpc) is 3.88. The van der Waals surface area contributed by atoms with Gasteiger partial charge in [-0.1, -0.05) is 50.9 Å². The van der Waals surface area contributed by atoms with Gasteiger partial charge in [-0.2, -0.15) is 0 Å². The first-order valence-electron chi connectivity index (χ1n) is 17.4. The number of nitrogen functional groups attached to an aromatic ring is 1. The Morgan fingerprint density at radius 1 is 0.702 bits per heavy atom. The number of carbonyl (C=O) groups excluding carboxylic acids is 3. The fourth-order valence-electron chi connectivity index (χ4n) is 4.57. The van der Waals surface area contributed by atoms with Gasteiger partial charge < -0.3 is 39.3 Å². The molecule has 0 fully saturated rings. The molecule has 0 unspecified atom stereocenters. The van der Waals surface area contributed by atoms with Crippen molar-refractivity contribution in [2.45, 2.75) is 72.4 Å². The average molecular weight is 871 g/mol. The summed E-state index contributed by atoms with van der Waals surface area (Å²) in [5.41, 5.74) is 7.71. The number of carboxylic acid groups (broad SMARTS) is 1. The van der Waals surface area contributed by atoms with Gasteiger partial charge in [0, 0.05) is 68.6 Å². The van der Waals surface area contributed by atoms with Gasteiger partial charge in [0.2, 0.25) is 0 Å². The van der Waals surface area contributed by atoms with Crippen LogP contribution in [0.4, 0.5) is 5.69 Å². The first-order valence-corrected chi connectivity index (χ1v) is 19.9. The molecule has 0 spiro atoms. The van der Waals surface area contributed by atoms with E-state index in [1.165, 1.54) is 65.0 Å². The van der Waals surface area contributed by atoms with Crippen LogP contribution in [0, 0.1) is 0 Å². The Bertz CT molecular complexity index is 1960. The maximum absolute atomic E-state index is 12.7. The third-order valence-electron chi connectivity index (χ3n) is 7.79. The number of anilines is 1. The molecule has 2 aromatic heterocycles. The number of Topliss-reactive ketones (excluding diaryl/α,β-unsaturated/α-hetero) is 3. The SMILES string of the molecule is CC(C)c1nc(C(=O)O)cs1.COC(COc1ccc(C(C)=O)c(CC(=O)c2csc(C(C)C)n2)c1Cl)OC.COC(COc1ccc(C(C)=O)c(N)c1Cl)OC. The molecule has 14 nitrogen and oxygen atoms in total. The van der Waals surface area contributed by atoms with E-state index < -0.39 is 18.5 Å². The first kappa shape index (κ1) is 49.1. The molecule has 4 rings (SSSR count). The predicted molar refractivity (Wildman–Crippen MR) is 221 cm³/mol. The number of ether oxygens (including phenoxy) is 6. The zero-order chi connectivity index (χ0) is 43.0. The minimum Gasteiger partial charge on any atom is -0.487 e. The molecule has 0 aliphatic carbocycles. The summed E-state index contributed by atoms with van der Waals surface area (Å²) in [7, 11) is 6.02. The number of carbonyl (C=O) groups is 4. The number of benzene rings is 2. The fraction of sp³-hybridized carbons (Fsp3) is 0.436. The highest BCUT2D eigenvalue weighted by molar-refractivity contribution is 7.10. The Balaban J connectivity index is 0.000000329. The van der Waals surface area contributed by atoms with Gasteiger partial charge in [-0.25, -0.2) is 14.8 Å². The third-order valence-corrected chi connectivity index (χ3v) is 10.9. The van der Waals surface area contributed by atoms with Gasteiger partial charge in [0.05, 0.1) is 20.7 Å². The molecule has 0 bridgehead atoms. The largest absolute Gasteiger partial charge is 0.487 e. The number of hydrogen-bond donors (Lipinski definition) is 2. The van der Waals surface area contributed by atoms with Crippen LogP contribution in [0.25, 0.3) is 0 Å². The van der Waals surface area contributed by atoms with Crippen LogP contribution in [-0.2, 0) is 25.4 Å². The van der Waals surface area contributed by atoms with Gasteiger partial charge in [-0.05, 0) is 43.7 Å². The Hall–Kier alpha value is -4.00. The van der Waals surface area contributed by atoms with E-state index in [4.69, 9.17) is 62.5 Å². The number of halogens is 2. The molecule has 0 saturated carbocycles. The Labute approximate surface area is 350 Å².